The fourth-order valence-electron chi connectivity index (χ4n) is 3.03. The predicted octanol–water partition coefficient (Wildman–Crippen LogP) is -3.99. The van der Waals surface area contributed by atoms with Gasteiger partial charge in [-0.2, -0.15) is 0 Å². The van der Waals surface area contributed by atoms with Gasteiger partial charge in [0.2, 0.25) is 0 Å². The molecule has 20 radical (unpaired) electrons. The van der Waals surface area contributed by atoms with Gasteiger partial charge < -0.3 is 19.7 Å². The molecular formula is C16H17B10N3O2. The molecule has 1 aliphatic heterocycles. The Morgan fingerprint density at radius 2 is 1.32 bits per heavy atom. The van der Waals surface area contributed by atoms with Crippen LogP contribution in [0, 0.1) is 0 Å². The monoisotopic (exact) mass is 393 g/mol. The average molecular weight is 391 g/mol. The van der Waals surface area contributed by atoms with Crippen molar-refractivity contribution in [3.63, 3.8) is 0 Å². The zero-order valence-electron chi connectivity index (χ0n) is 17.5. The fourth-order valence-corrected chi connectivity index (χ4v) is 3.03. The molecule has 1 heterocycles. The van der Waals surface area contributed by atoms with Crippen LogP contribution < -0.4 is 15.0 Å². The molecule has 15 heteroatoms. The normalized spacial score (nSPS) is 16.8. The summed E-state index contributed by atoms with van der Waals surface area (Å²) in [6, 6.07) is 7.09. The van der Waals surface area contributed by atoms with E-state index in [-0.39, 0.29) is 0 Å². The van der Waals surface area contributed by atoms with E-state index in [2.05, 4.69) is 15.1 Å². The molecule has 138 valence electrons. The van der Waals surface area contributed by atoms with Gasteiger partial charge in [0.15, 0.2) is 0 Å². The smallest absolute Gasteiger partial charge is 0.118 e. The molecule has 2 rings (SSSR count). The molecular weight excluding hydrogens is 374 g/mol. The summed E-state index contributed by atoms with van der Waals surface area (Å²) >= 11 is 0. The van der Waals surface area contributed by atoms with Crippen molar-refractivity contribution in [2.45, 2.75) is 21.3 Å². The van der Waals surface area contributed by atoms with Crippen molar-refractivity contribution in [2.75, 3.05) is 44.2 Å². The largest absolute Gasteiger partial charge is 0.506 e. The van der Waals surface area contributed by atoms with Crippen LogP contribution in [0.4, 0.5) is 5.69 Å². The van der Waals surface area contributed by atoms with E-state index in [9.17, 15) is 0 Å². The van der Waals surface area contributed by atoms with Gasteiger partial charge in [-0.05, 0) is 29.6 Å². The highest BCUT2D eigenvalue weighted by molar-refractivity contribution is 6.60. The number of hydrogen-bond donors (Lipinski definition) is 1. The second-order valence-electron chi connectivity index (χ2n) is 7.83. The summed E-state index contributed by atoms with van der Waals surface area (Å²) in [4.78, 5) is 4.52. The molecule has 1 saturated heterocycles. The third kappa shape index (κ3) is 8.66. The molecule has 0 bridgehead atoms. The Kier molecular flexibility index (Phi) is 8.66. The van der Waals surface area contributed by atoms with Crippen LogP contribution in [-0.2, 0) is 4.74 Å². The molecule has 0 spiro atoms. The molecule has 0 atom stereocenters. The van der Waals surface area contributed by atoms with E-state index in [1.165, 1.54) is 0 Å². The Morgan fingerprint density at radius 3 is 1.81 bits per heavy atom. The van der Waals surface area contributed by atoms with Gasteiger partial charge in [-0.15, -0.1) is 0 Å². The second-order valence-corrected chi connectivity index (χ2v) is 7.83. The van der Waals surface area contributed by atoms with Gasteiger partial charge in [0.1, 0.15) is 37.1 Å². The molecule has 1 aliphatic rings. The van der Waals surface area contributed by atoms with Crippen LogP contribution in [0.2, 0.25) is 0 Å². The Labute approximate surface area is 199 Å². The van der Waals surface area contributed by atoms with E-state index in [0.29, 0.717) is 12.3 Å². The van der Waals surface area contributed by atoms with Crippen LogP contribution in [0.3, 0.4) is 0 Å². The number of rotatable bonds is 10. The Morgan fingerprint density at radius 1 is 0.774 bits per heavy atom. The lowest BCUT2D eigenvalue weighted by Crippen LogP contribution is -2.65. The molecule has 0 aliphatic carbocycles. The maximum Gasteiger partial charge on any atom is 0.118 e. The Hall–Kier alpha value is -0.651. The van der Waals surface area contributed by atoms with Crippen LogP contribution >= 0.6 is 0 Å². The summed E-state index contributed by atoms with van der Waals surface area (Å²) in [5.74, 6) is 0.313. The molecule has 0 saturated carbocycles. The molecule has 0 aromatic heterocycles. The predicted molar refractivity (Wildman–Crippen MR) is 133 cm³/mol. The van der Waals surface area contributed by atoms with Gasteiger partial charge in [-0.25, -0.2) is 0 Å². The molecule has 1 aromatic carbocycles. The summed E-state index contributed by atoms with van der Waals surface area (Å²) < 4.78 is 10.4. The first kappa shape index (κ1) is 26.6. The standard InChI is InChI=1S/C16H17B10N3O2/c17-13(18,14(19,20)31-16(24,25)26)30-12-3-1-11(2-4-12)29-9-7-28(8-10-29)6-5-27-15(21,22)23/h1-4,27H,5-10H2. The van der Waals surface area contributed by atoms with Crippen molar-refractivity contribution < 1.29 is 9.47 Å². The van der Waals surface area contributed by atoms with Crippen molar-refractivity contribution in [3.05, 3.63) is 24.3 Å². The highest BCUT2D eigenvalue weighted by Gasteiger charge is 2.39. The topological polar surface area (TPSA) is 37.0 Å². The number of hydrogen-bond acceptors (Lipinski definition) is 5. The second kappa shape index (κ2) is 10.1. The van der Waals surface area contributed by atoms with Crippen molar-refractivity contribution in [2.24, 2.45) is 0 Å². The lowest BCUT2D eigenvalue weighted by atomic mass is 9.40. The zero-order valence-corrected chi connectivity index (χ0v) is 17.5. The molecule has 0 amide bonds. The Bertz CT molecular complexity index is 701. The van der Waals surface area contributed by atoms with E-state index in [0.717, 1.165) is 38.4 Å². The average Bonchev–Trinajstić information content (AvgIpc) is 2.59. The SMILES string of the molecule is [B]C([B])([B])NCCN1CCN(c2ccc(OC([B])([B])C([B])([B])OC([B])([B])[B])cc2)CC1. The van der Waals surface area contributed by atoms with Crippen LogP contribution in [0.25, 0.3) is 0 Å². The molecule has 1 fully saturated rings. The number of ether oxygens (including phenoxy) is 2. The minimum Gasteiger partial charge on any atom is -0.506 e. The summed E-state index contributed by atoms with van der Waals surface area (Å²) in [6.45, 7) is 4.82. The first-order valence-corrected chi connectivity index (χ1v) is 9.68. The number of nitrogens with zero attached hydrogens (tertiary/aromatic N) is 2. The number of nitrogens with one attached hydrogen (secondary N) is 1. The van der Waals surface area contributed by atoms with Crippen molar-refractivity contribution in [1.82, 2.24) is 10.2 Å². The first-order chi connectivity index (χ1) is 14.1. The summed E-state index contributed by atoms with van der Waals surface area (Å²) in [5.41, 5.74) is 1.00. The van der Waals surface area contributed by atoms with E-state index in [1.54, 1.807) is 12.1 Å². The molecule has 0 unspecified atom stereocenters. The van der Waals surface area contributed by atoms with Crippen molar-refractivity contribution in [3.8, 4) is 5.75 Å². The quantitative estimate of drug-likeness (QED) is 0.412. The van der Waals surface area contributed by atoms with Crippen molar-refractivity contribution >= 4 is 84.2 Å². The lowest BCUT2D eigenvalue weighted by Gasteiger charge is -2.48. The Balaban J connectivity index is 1.88. The van der Waals surface area contributed by atoms with E-state index in [1.807, 2.05) is 12.1 Å². The van der Waals surface area contributed by atoms with Crippen LogP contribution in [0.1, 0.15) is 0 Å². The zero-order chi connectivity index (χ0) is 23.5. The maximum atomic E-state index is 5.87. The van der Waals surface area contributed by atoms with Crippen LogP contribution in [0.5, 0.6) is 5.75 Å². The van der Waals surface area contributed by atoms with Gasteiger partial charge in [-0.3, -0.25) is 4.90 Å². The van der Waals surface area contributed by atoms with Gasteiger partial charge in [0.05, 0.1) is 47.1 Å². The summed E-state index contributed by atoms with van der Waals surface area (Å²) in [7, 11) is 55.8. The molecule has 1 N–H and O–H groups in total. The lowest BCUT2D eigenvalue weighted by molar-refractivity contribution is 0.00241. The van der Waals surface area contributed by atoms with Crippen LogP contribution in [-0.4, -0.2) is 144 Å². The van der Waals surface area contributed by atoms with E-state index in [4.69, 9.17) is 87.9 Å². The highest BCUT2D eigenvalue weighted by Crippen LogP contribution is 2.27. The molecule has 5 nitrogen and oxygen atoms in total. The number of benzene rings is 1. The number of piperazine rings is 1. The van der Waals surface area contributed by atoms with Crippen molar-refractivity contribution in [1.29, 1.82) is 0 Å². The van der Waals surface area contributed by atoms with Gasteiger partial charge >= 0.3 is 0 Å². The van der Waals surface area contributed by atoms with Gasteiger partial charge in [0.25, 0.3) is 0 Å². The summed E-state index contributed by atoms with van der Waals surface area (Å²) in [5, 5.41) is -5.11. The molecule has 1 aromatic rings. The third-order valence-corrected chi connectivity index (χ3v) is 4.68. The van der Waals surface area contributed by atoms with Crippen LogP contribution in [0.15, 0.2) is 24.3 Å². The fraction of sp³-hybridized carbons (Fsp3) is 0.625. The summed E-state index contributed by atoms with van der Waals surface area (Å²) in [6.07, 6.45) is 0. The van der Waals surface area contributed by atoms with E-state index < -0.39 is 21.3 Å². The molecule has 31 heavy (non-hydrogen) atoms. The minimum absolute atomic E-state index is 0.313. The highest BCUT2D eigenvalue weighted by atomic mass is 16.6. The minimum atomic E-state index is -2.27. The van der Waals surface area contributed by atoms with Gasteiger partial charge in [-0.1, -0.05) is 5.24 Å². The number of anilines is 1. The third-order valence-electron chi connectivity index (χ3n) is 4.68. The van der Waals surface area contributed by atoms with E-state index >= 15 is 0 Å². The van der Waals surface area contributed by atoms with Gasteiger partial charge in [0, 0.05) is 55.8 Å². The first-order valence-electron chi connectivity index (χ1n) is 9.68. The maximum absolute atomic E-state index is 5.87.